The van der Waals surface area contributed by atoms with Crippen LogP contribution < -0.4 is 10.9 Å². The lowest BCUT2D eigenvalue weighted by Gasteiger charge is -2.18. The second-order valence-electron chi connectivity index (χ2n) is 7.06. The monoisotopic (exact) mass is 347 g/mol. The maximum absolute atomic E-state index is 4.59. The van der Waals surface area contributed by atoms with Crippen LogP contribution in [-0.2, 0) is 6.54 Å². The van der Waals surface area contributed by atoms with Crippen LogP contribution in [-0.4, -0.2) is 26.6 Å². The molecule has 0 radical (unpaired) electrons. The molecule has 0 spiro atoms. The molecule has 5 nitrogen and oxygen atoms in total. The lowest BCUT2D eigenvalue weighted by Crippen LogP contribution is -2.30. The van der Waals surface area contributed by atoms with Gasteiger partial charge in [0.1, 0.15) is 5.82 Å². The Kier molecular flexibility index (Phi) is 4.82. The third-order valence-corrected chi connectivity index (χ3v) is 5.35. The fourth-order valence-corrected chi connectivity index (χ4v) is 3.77. The molecule has 1 aromatic carbocycles. The predicted molar refractivity (Wildman–Crippen MR) is 104 cm³/mol. The van der Waals surface area contributed by atoms with Crippen molar-refractivity contribution in [1.82, 2.24) is 25.4 Å². The molecular weight excluding hydrogens is 322 g/mol. The molecule has 4 rings (SSSR count). The van der Waals surface area contributed by atoms with Crippen molar-refractivity contribution in [3.05, 3.63) is 61.1 Å². The number of hydrogen-bond donors (Lipinski definition) is 2. The van der Waals surface area contributed by atoms with Crippen LogP contribution in [0.1, 0.15) is 20.3 Å². The summed E-state index contributed by atoms with van der Waals surface area (Å²) in [5.74, 6) is 1.65. The Morgan fingerprint density at radius 3 is 2.31 bits per heavy atom. The number of aromatic nitrogens is 3. The first kappa shape index (κ1) is 16.9. The van der Waals surface area contributed by atoms with Gasteiger partial charge in [-0.2, -0.15) is 0 Å². The normalized spacial score (nSPS) is 22.6. The Bertz CT molecular complexity index is 830. The first-order valence-corrected chi connectivity index (χ1v) is 9.26. The van der Waals surface area contributed by atoms with Gasteiger partial charge in [-0.1, -0.05) is 30.3 Å². The lowest BCUT2D eigenvalue weighted by atomic mass is 9.93. The summed E-state index contributed by atoms with van der Waals surface area (Å²) in [5.41, 5.74) is 9.93. The van der Waals surface area contributed by atoms with E-state index >= 15 is 0 Å². The highest BCUT2D eigenvalue weighted by molar-refractivity contribution is 5.65. The zero-order valence-corrected chi connectivity index (χ0v) is 15.3. The smallest absolute Gasteiger partial charge is 0.139 e. The molecule has 5 heteroatoms. The molecular formula is C21H25N5. The van der Waals surface area contributed by atoms with Crippen molar-refractivity contribution in [3.63, 3.8) is 0 Å². The summed E-state index contributed by atoms with van der Waals surface area (Å²) in [4.78, 5) is 9.00. The van der Waals surface area contributed by atoms with Gasteiger partial charge in [0.25, 0.3) is 0 Å². The van der Waals surface area contributed by atoms with Crippen molar-refractivity contribution < 1.29 is 0 Å². The number of hydrogen-bond acceptors (Lipinski definition) is 4. The van der Waals surface area contributed by atoms with Gasteiger partial charge in [0.15, 0.2) is 0 Å². The van der Waals surface area contributed by atoms with E-state index in [2.05, 4.69) is 69.7 Å². The molecule has 2 unspecified atom stereocenters. The zero-order valence-electron chi connectivity index (χ0n) is 15.3. The number of benzene rings is 1. The minimum Gasteiger partial charge on any atom is -0.331 e. The van der Waals surface area contributed by atoms with Gasteiger partial charge in [-0.3, -0.25) is 15.8 Å². The van der Waals surface area contributed by atoms with Crippen LogP contribution in [0.25, 0.3) is 22.6 Å². The summed E-state index contributed by atoms with van der Waals surface area (Å²) in [5, 5.41) is 0. The lowest BCUT2D eigenvalue weighted by molar-refractivity contribution is 0.388. The van der Waals surface area contributed by atoms with E-state index in [-0.39, 0.29) is 0 Å². The Hall–Kier alpha value is -2.50. The van der Waals surface area contributed by atoms with Gasteiger partial charge in [0, 0.05) is 48.3 Å². The van der Waals surface area contributed by atoms with Crippen LogP contribution in [0.5, 0.6) is 0 Å². The topological polar surface area (TPSA) is 54.8 Å². The number of pyridine rings is 1. The summed E-state index contributed by atoms with van der Waals surface area (Å²) < 4.78 is 2.26. The third kappa shape index (κ3) is 3.41. The van der Waals surface area contributed by atoms with Crippen molar-refractivity contribution in [2.45, 2.75) is 38.9 Å². The summed E-state index contributed by atoms with van der Waals surface area (Å²) in [7, 11) is 0. The van der Waals surface area contributed by atoms with E-state index in [1.807, 2.05) is 30.6 Å². The molecule has 0 saturated carbocycles. The maximum atomic E-state index is 4.59. The highest BCUT2D eigenvalue weighted by Crippen LogP contribution is 2.24. The van der Waals surface area contributed by atoms with Crippen LogP contribution in [0.15, 0.2) is 61.1 Å². The highest BCUT2D eigenvalue weighted by Gasteiger charge is 2.29. The zero-order chi connectivity index (χ0) is 17.9. The predicted octanol–water partition coefficient (Wildman–Crippen LogP) is 3.50. The molecule has 1 aliphatic heterocycles. The minimum absolute atomic E-state index is 0.495. The van der Waals surface area contributed by atoms with Crippen LogP contribution in [0, 0.1) is 5.92 Å². The van der Waals surface area contributed by atoms with E-state index < -0.39 is 0 Å². The molecule has 0 bridgehead atoms. The van der Waals surface area contributed by atoms with E-state index in [9.17, 15) is 0 Å². The van der Waals surface area contributed by atoms with Gasteiger partial charge in [-0.15, -0.1) is 0 Å². The summed E-state index contributed by atoms with van der Waals surface area (Å²) >= 11 is 0. The molecule has 1 saturated heterocycles. The third-order valence-electron chi connectivity index (χ3n) is 5.35. The molecule has 2 N–H and O–H groups in total. The molecule has 0 amide bonds. The summed E-state index contributed by atoms with van der Waals surface area (Å²) in [6.45, 7) is 5.46. The summed E-state index contributed by atoms with van der Waals surface area (Å²) in [6, 6.07) is 15.5. The van der Waals surface area contributed by atoms with Gasteiger partial charge < -0.3 is 4.57 Å². The SMILES string of the molecule is CC1NNC(C)C1CCn1ccnc1-c1ccc(-c2ccccn2)cc1. The average molecular weight is 347 g/mol. The first-order valence-electron chi connectivity index (χ1n) is 9.26. The second-order valence-corrected chi connectivity index (χ2v) is 7.06. The Labute approximate surface area is 154 Å². The molecule has 3 aromatic rings. The molecule has 3 heterocycles. The standard InChI is InChI=1S/C21H25N5/c1-15-19(16(2)25-24-15)10-13-26-14-12-23-21(26)18-8-6-17(7-9-18)20-5-3-4-11-22-20/h3-9,11-12,14-16,19,24-25H,10,13H2,1-2H3. The van der Waals surface area contributed by atoms with Crippen LogP contribution in [0.4, 0.5) is 0 Å². The van der Waals surface area contributed by atoms with Crippen LogP contribution >= 0.6 is 0 Å². The first-order chi connectivity index (χ1) is 12.7. The quantitative estimate of drug-likeness (QED) is 0.742. The van der Waals surface area contributed by atoms with E-state index in [1.165, 1.54) is 0 Å². The van der Waals surface area contributed by atoms with Crippen molar-refractivity contribution >= 4 is 0 Å². The van der Waals surface area contributed by atoms with Crippen LogP contribution in [0.2, 0.25) is 0 Å². The van der Waals surface area contributed by atoms with Crippen molar-refractivity contribution in [1.29, 1.82) is 0 Å². The second kappa shape index (κ2) is 7.40. The van der Waals surface area contributed by atoms with Gasteiger partial charge in [0.2, 0.25) is 0 Å². The number of rotatable bonds is 5. The van der Waals surface area contributed by atoms with E-state index in [0.717, 1.165) is 35.6 Å². The fourth-order valence-electron chi connectivity index (χ4n) is 3.77. The summed E-state index contributed by atoms with van der Waals surface area (Å²) in [6.07, 6.45) is 6.91. The molecule has 26 heavy (non-hydrogen) atoms. The Morgan fingerprint density at radius 1 is 0.885 bits per heavy atom. The molecule has 1 aliphatic rings. The number of nitrogens with one attached hydrogen (secondary N) is 2. The molecule has 0 aliphatic carbocycles. The number of hydrazine groups is 1. The Morgan fingerprint density at radius 2 is 1.62 bits per heavy atom. The number of aryl methyl sites for hydroxylation is 1. The van der Waals surface area contributed by atoms with Gasteiger partial charge >= 0.3 is 0 Å². The minimum atomic E-state index is 0.495. The molecule has 2 aromatic heterocycles. The van der Waals surface area contributed by atoms with Crippen molar-refractivity contribution in [2.75, 3.05) is 0 Å². The Balaban J connectivity index is 1.50. The van der Waals surface area contributed by atoms with Gasteiger partial charge in [-0.05, 0) is 38.3 Å². The maximum Gasteiger partial charge on any atom is 0.139 e. The molecule has 1 fully saturated rings. The van der Waals surface area contributed by atoms with E-state index in [4.69, 9.17) is 0 Å². The average Bonchev–Trinajstić information content (AvgIpc) is 3.28. The highest BCUT2D eigenvalue weighted by atomic mass is 15.4. The van der Waals surface area contributed by atoms with Crippen molar-refractivity contribution in [2.24, 2.45) is 5.92 Å². The fraction of sp³-hybridized carbons (Fsp3) is 0.333. The number of imidazole rings is 1. The van der Waals surface area contributed by atoms with E-state index in [1.54, 1.807) is 0 Å². The van der Waals surface area contributed by atoms with Crippen LogP contribution in [0.3, 0.4) is 0 Å². The van der Waals surface area contributed by atoms with Gasteiger partial charge in [-0.25, -0.2) is 4.98 Å². The van der Waals surface area contributed by atoms with E-state index in [0.29, 0.717) is 18.0 Å². The molecule has 134 valence electrons. The van der Waals surface area contributed by atoms with Gasteiger partial charge in [0.05, 0.1) is 5.69 Å². The molecule has 2 atom stereocenters. The van der Waals surface area contributed by atoms with Crippen molar-refractivity contribution in [3.8, 4) is 22.6 Å². The number of nitrogens with zero attached hydrogens (tertiary/aromatic N) is 3. The largest absolute Gasteiger partial charge is 0.331 e.